The number of methoxy groups -OCH3 is 1. The van der Waals surface area contributed by atoms with Crippen molar-refractivity contribution in [1.29, 1.82) is 0 Å². The third-order valence-electron chi connectivity index (χ3n) is 4.37. The number of rotatable bonds is 4. The fourth-order valence-electron chi connectivity index (χ4n) is 3.16. The molecule has 2 atom stereocenters. The molecule has 3 rings (SSSR count). The number of fused-ring (bicyclic) bond motifs is 1. The van der Waals surface area contributed by atoms with Gasteiger partial charge in [-0.1, -0.05) is 6.42 Å². The Hall–Kier alpha value is -1.66. The van der Waals surface area contributed by atoms with Gasteiger partial charge in [-0.25, -0.2) is 0 Å². The fraction of sp³-hybridized carbons (Fsp3) is 0.562. The van der Waals surface area contributed by atoms with Crippen LogP contribution in [0.4, 0.5) is 0 Å². The SMILES string of the molecule is COc1cc(C(=O)NC2CCCC2CN)cc2c1OCCO2.Cl. The summed E-state index contributed by atoms with van der Waals surface area (Å²) in [6.07, 6.45) is 3.17. The molecule has 1 amide bonds. The van der Waals surface area contributed by atoms with E-state index in [-0.39, 0.29) is 24.4 Å². The van der Waals surface area contributed by atoms with Gasteiger partial charge in [-0.3, -0.25) is 4.79 Å². The van der Waals surface area contributed by atoms with Crippen LogP contribution in [0.2, 0.25) is 0 Å². The smallest absolute Gasteiger partial charge is 0.251 e. The van der Waals surface area contributed by atoms with Gasteiger partial charge in [0, 0.05) is 11.6 Å². The molecule has 1 fully saturated rings. The highest BCUT2D eigenvalue weighted by atomic mass is 35.5. The molecular formula is C16H23ClN2O4. The summed E-state index contributed by atoms with van der Waals surface area (Å²) in [6.45, 7) is 1.56. The van der Waals surface area contributed by atoms with Crippen LogP contribution in [0.5, 0.6) is 17.2 Å². The van der Waals surface area contributed by atoms with E-state index in [2.05, 4.69) is 5.32 Å². The minimum atomic E-state index is -0.124. The molecule has 7 heteroatoms. The zero-order chi connectivity index (χ0) is 15.5. The molecule has 1 saturated carbocycles. The summed E-state index contributed by atoms with van der Waals surface area (Å²) in [5.74, 6) is 1.87. The van der Waals surface area contributed by atoms with Gasteiger partial charge in [0.15, 0.2) is 11.5 Å². The Labute approximate surface area is 142 Å². The topological polar surface area (TPSA) is 82.8 Å². The van der Waals surface area contributed by atoms with Crippen molar-refractivity contribution >= 4 is 18.3 Å². The van der Waals surface area contributed by atoms with E-state index in [9.17, 15) is 4.79 Å². The molecular weight excluding hydrogens is 320 g/mol. The maximum Gasteiger partial charge on any atom is 0.251 e. The number of nitrogens with two attached hydrogens (primary N) is 1. The average Bonchev–Trinajstić information content (AvgIpc) is 3.00. The number of amides is 1. The number of halogens is 1. The zero-order valence-corrected chi connectivity index (χ0v) is 14.0. The van der Waals surface area contributed by atoms with Crippen molar-refractivity contribution in [2.24, 2.45) is 11.7 Å². The van der Waals surface area contributed by atoms with Crippen LogP contribution >= 0.6 is 12.4 Å². The van der Waals surface area contributed by atoms with E-state index in [1.165, 1.54) is 0 Å². The van der Waals surface area contributed by atoms with Crippen LogP contribution in [-0.2, 0) is 0 Å². The first-order chi connectivity index (χ1) is 10.7. The lowest BCUT2D eigenvalue weighted by Crippen LogP contribution is -2.39. The number of nitrogens with one attached hydrogen (secondary N) is 1. The van der Waals surface area contributed by atoms with Gasteiger partial charge in [0.25, 0.3) is 5.91 Å². The van der Waals surface area contributed by atoms with Crippen molar-refractivity contribution in [1.82, 2.24) is 5.32 Å². The summed E-state index contributed by atoms with van der Waals surface area (Å²) < 4.78 is 16.4. The standard InChI is InChI=1S/C16H22N2O4.ClH/c1-20-13-7-11(8-14-15(13)22-6-5-21-14)16(19)18-12-4-2-3-10(12)9-17;/h7-8,10,12H,2-6,9,17H2,1H3,(H,18,19);1H. The first-order valence-electron chi connectivity index (χ1n) is 7.71. The second-order valence-corrected chi connectivity index (χ2v) is 5.71. The minimum absolute atomic E-state index is 0. The van der Waals surface area contributed by atoms with Gasteiger partial charge in [0.1, 0.15) is 13.2 Å². The zero-order valence-electron chi connectivity index (χ0n) is 13.2. The van der Waals surface area contributed by atoms with E-state index < -0.39 is 0 Å². The predicted octanol–water partition coefficient (Wildman–Crippen LogP) is 1.75. The molecule has 1 heterocycles. The van der Waals surface area contributed by atoms with Crippen molar-refractivity contribution in [3.05, 3.63) is 17.7 Å². The highest BCUT2D eigenvalue weighted by molar-refractivity contribution is 5.95. The minimum Gasteiger partial charge on any atom is -0.493 e. The average molecular weight is 343 g/mol. The fourth-order valence-corrected chi connectivity index (χ4v) is 3.16. The van der Waals surface area contributed by atoms with Crippen LogP contribution in [0.25, 0.3) is 0 Å². The molecule has 128 valence electrons. The Bertz CT molecular complexity index is 550. The molecule has 23 heavy (non-hydrogen) atoms. The van der Waals surface area contributed by atoms with Gasteiger partial charge in [0.2, 0.25) is 5.75 Å². The van der Waals surface area contributed by atoms with E-state index >= 15 is 0 Å². The number of carbonyl (C=O) groups is 1. The van der Waals surface area contributed by atoms with Gasteiger partial charge in [0.05, 0.1) is 7.11 Å². The molecule has 0 saturated heterocycles. The van der Waals surface area contributed by atoms with Crippen molar-refractivity contribution in [2.45, 2.75) is 25.3 Å². The molecule has 0 radical (unpaired) electrons. The largest absolute Gasteiger partial charge is 0.493 e. The lowest BCUT2D eigenvalue weighted by atomic mass is 10.0. The third kappa shape index (κ3) is 3.64. The van der Waals surface area contributed by atoms with Crippen LogP contribution in [0, 0.1) is 5.92 Å². The van der Waals surface area contributed by atoms with Crippen LogP contribution in [0.15, 0.2) is 12.1 Å². The van der Waals surface area contributed by atoms with Gasteiger partial charge in [-0.05, 0) is 37.4 Å². The molecule has 0 spiro atoms. The summed E-state index contributed by atoms with van der Waals surface area (Å²) in [5, 5.41) is 3.08. The molecule has 1 aliphatic heterocycles. The maximum absolute atomic E-state index is 12.5. The summed E-state index contributed by atoms with van der Waals surface area (Å²) in [4.78, 5) is 12.5. The quantitative estimate of drug-likeness (QED) is 0.871. The van der Waals surface area contributed by atoms with Gasteiger partial charge < -0.3 is 25.3 Å². The van der Waals surface area contributed by atoms with E-state index in [1.54, 1.807) is 19.2 Å². The number of hydrogen-bond acceptors (Lipinski definition) is 5. The Kier molecular flexibility index (Phi) is 5.96. The monoisotopic (exact) mass is 342 g/mol. The van der Waals surface area contributed by atoms with Gasteiger partial charge in [-0.2, -0.15) is 0 Å². The van der Waals surface area contributed by atoms with E-state index in [4.69, 9.17) is 19.9 Å². The van der Waals surface area contributed by atoms with Gasteiger partial charge in [-0.15, -0.1) is 12.4 Å². The van der Waals surface area contributed by atoms with Crippen LogP contribution in [0.3, 0.4) is 0 Å². The number of benzene rings is 1. The molecule has 1 aromatic rings. The molecule has 2 unspecified atom stereocenters. The second-order valence-electron chi connectivity index (χ2n) is 5.71. The Balaban J connectivity index is 0.00000192. The van der Waals surface area contributed by atoms with Crippen LogP contribution in [-0.4, -0.2) is 38.8 Å². The molecule has 0 bridgehead atoms. The van der Waals surface area contributed by atoms with Crippen LogP contribution in [0.1, 0.15) is 29.6 Å². The number of carbonyl (C=O) groups excluding carboxylic acids is 1. The molecule has 1 aliphatic carbocycles. The Morgan fingerprint density at radius 1 is 1.35 bits per heavy atom. The predicted molar refractivity (Wildman–Crippen MR) is 88.9 cm³/mol. The van der Waals surface area contributed by atoms with Crippen molar-refractivity contribution in [3.63, 3.8) is 0 Å². The molecule has 2 aliphatic rings. The summed E-state index contributed by atoms with van der Waals surface area (Å²) in [7, 11) is 1.55. The van der Waals surface area contributed by atoms with E-state index in [0.717, 1.165) is 19.3 Å². The van der Waals surface area contributed by atoms with Crippen molar-refractivity contribution < 1.29 is 19.0 Å². The molecule has 3 N–H and O–H groups in total. The van der Waals surface area contributed by atoms with Gasteiger partial charge >= 0.3 is 0 Å². The number of hydrogen-bond donors (Lipinski definition) is 2. The summed E-state index contributed by atoms with van der Waals surface area (Å²) in [5.41, 5.74) is 6.28. The summed E-state index contributed by atoms with van der Waals surface area (Å²) >= 11 is 0. The highest BCUT2D eigenvalue weighted by Gasteiger charge is 2.28. The first-order valence-corrected chi connectivity index (χ1v) is 7.71. The summed E-state index contributed by atoms with van der Waals surface area (Å²) in [6, 6.07) is 3.55. The van der Waals surface area contributed by atoms with E-state index in [0.29, 0.717) is 48.5 Å². The van der Waals surface area contributed by atoms with E-state index in [1.807, 2.05) is 0 Å². The lowest BCUT2D eigenvalue weighted by molar-refractivity contribution is 0.0927. The Morgan fingerprint density at radius 3 is 2.87 bits per heavy atom. The molecule has 6 nitrogen and oxygen atoms in total. The normalized spacial score (nSPS) is 22.2. The Morgan fingerprint density at radius 2 is 2.13 bits per heavy atom. The van der Waals surface area contributed by atoms with Crippen molar-refractivity contribution in [2.75, 3.05) is 26.9 Å². The lowest BCUT2D eigenvalue weighted by Gasteiger charge is -2.23. The number of ether oxygens (including phenoxy) is 3. The molecule has 1 aromatic carbocycles. The van der Waals surface area contributed by atoms with Crippen LogP contribution < -0.4 is 25.3 Å². The first kappa shape index (κ1) is 17.7. The van der Waals surface area contributed by atoms with Crippen molar-refractivity contribution in [3.8, 4) is 17.2 Å². The molecule has 0 aromatic heterocycles. The maximum atomic E-state index is 12.5. The second kappa shape index (κ2) is 7.75. The highest BCUT2D eigenvalue weighted by Crippen LogP contribution is 2.40. The third-order valence-corrected chi connectivity index (χ3v) is 4.37.